The highest BCUT2D eigenvalue weighted by Crippen LogP contribution is 2.39. The molecule has 0 aliphatic heterocycles. The van der Waals surface area contributed by atoms with Crippen LogP contribution in [0.5, 0.6) is 0 Å². The summed E-state index contributed by atoms with van der Waals surface area (Å²) in [4.78, 5) is 11.4. The van der Waals surface area contributed by atoms with Gasteiger partial charge in [0.05, 0.1) is 22.8 Å². The molecule has 0 aromatic heterocycles. The third kappa shape index (κ3) is 3.13. The molecule has 0 unspecified atom stereocenters. The molecule has 17 heavy (non-hydrogen) atoms. The van der Waals surface area contributed by atoms with E-state index < -0.39 is 17.7 Å². The highest BCUT2D eigenvalue weighted by atomic mass is 79.9. The van der Waals surface area contributed by atoms with Crippen LogP contribution in [0.1, 0.15) is 22.8 Å². The summed E-state index contributed by atoms with van der Waals surface area (Å²) >= 11 is 8.41. The molecule has 7 heteroatoms. The van der Waals surface area contributed by atoms with Gasteiger partial charge in [-0.25, -0.2) is 4.79 Å². The minimum absolute atomic E-state index is 0.103. The van der Waals surface area contributed by atoms with Crippen LogP contribution in [-0.4, -0.2) is 12.6 Å². The van der Waals surface area contributed by atoms with Crippen LogP contribution < -0.4 is 0 Å². The van der Waals surface area contributed by atoms with Crippen LogP contribution in [0.15, 0.2) is 16.6 Å². The Kier molecular flexibility index (Phi) is 4.43. The van der Waals surface area contributed by atoms with Gasteiger partial charge in [0, 0.05) is 4.47 Å². The lowest BCUT2D eigenvalue weighted by Crippen LogP contribution is -2.10. The summed E-state index contributed by atoms with van der Waals surface area (Å²) in [5, 5.41) is -0.307. The fourth-order valence-corrected chi connectivity index (χ4v) is 1.95. The van der Waals surface area contributed by atoms with Gasteiger partial charge in [-0.05, 0) is 35.0 Å². The van der Waals surface area contributed by atoms with E-state index in [2.05, 4.69) is 20.7 Å². The van der Waals surface area contributed by atoms with E-state index >= 15 is 0 Å². The summed E-state index contributed by atoms with van der Waals surface area (Å²) in [6.45, 7) is 1.71. The molecule has 0 atom stereocenters. The number of hydrogen-bond acceptors (Lipinski definition) is 2. The number of hydrogen-bond donors (Lipinski definition) is 0. The van der Waals surface area contributed by atoms with Gasteiger partial charge in [0.1, 0.15) is 0 Å². The Balaban J connectivity index is 3.25. The lowest BCUT2D eigenvalue weighted by atomic mass is 10.1. The zero-order chi connectivity index (χ0) is 13.2. The van der Waals surface area contributed by atoms with E-state index in [-0.39, 0.29) is 21.7 Å². The SMILES string of the molecule is CCOC(=O)c1ccc(C(F)(F)F)c(Br)c1Cl. The van der Waals surface area contributed by atoms with E-state index in [0.29, 0.717) is 0 Å². The van der Waals surface area contributed by atoms with Crippen molar-refractivity contribution in [2.24, 2.45) is 0 Å². The average molecular weight is 332 g/mol. The Labute approximate surface area is 109 Å². The smallest absolute Gasteiger partial charge is 0.417 e. The summed E-state index contributed by atoms with van der Waals surface area (Å²) in [6.07, 6.45) is -4.53. The third-order valence-electron chi connectivity index (χ3n) is 1.88. The molecule has 0 aliphatic carbocycles. The Hall–Kier alpha value is -0.750. The zero-order valence-corrected chi connectivity index (χ0v) is 10.9. The quantitative estimate of drug-likeness (QED) is 0.755. The van der Waals surface area contributed by atoms with E-state index in [0.717, 1.165) is 12.1 Å². The van der Waals surface area contributed by atoms with Gasteiger partial charge in [-0.2, -0.15) is 13.2 Å². The predicted octanol–water partition coefficient (Wildman–Crippen LogP) is 4.30. The van der Waals surface area contributed by atoms with Gasteiger partial charge in [-0.15, -0.1) is 0 Å². The highest BCUT2D eigenvalue weighted by Gasteiger charge is 2.34. The van der Waals surface area contributed by atoms with Crippen molar-refractivity contribution in [3.63, 3.8) is 0 Å². The Bertz CT molecular complexity index is 446. The second-order valence-corrected chi connectivity index (χ2v) is 4.18. The molecular formula is C10H7BrClF3O2. The summed E-state index contributed by atoms with van der Waals surface area (Å²) in [7, 11) is 0. The molecule has 0 fully saturated rings. The number of alkyl halides is 3. The molecule has 0 N–H and O–H groups in total. The van der Waals surface area contributed by atoms with Gasteiger partial charge in [0.25, 0.3) is 0 Å². The van der Waals surface area contributed by atoms with Gasteiger partial charge >= 0.3 is 12.1 Å². The molecular weight excluding hydrogens is 324 g/mol. The maximum atomic E-state index is 12.5. The first kappa shape index (κ1) is 14.3. The second kappa shape index (κ2) is 5.27. The summed E-state index contributed by atoms with van der Waals surface area (Å²) in [5.41, 5.74) is -1.04. The van der Waals surface area contributed by atoms with Crippen molar-refractivity contribution < 1.29 is 22.7 Å². The monoisotopic (exact) mass is 330 g/mol. The van der Waals surface area contributed by atoms with Crippen LogP contribution >= 0.6 is 27.5 Å². The standard InChI is InChI=1S/C10H7BrClF3O2/c1-2-17-9(16)5-3-4-6(10(13,14)15)7(11)8(5)12/h3-4H,2H2,1H3. The van der Waals surface area contributed by atoms with Crippen molar-refractivity contribution in [1.82, 2.24) is 0 Å². The van der Waals surface area contributed by atoms with Crippen LogP contribution in [-0.2, 0) is 10.9 Å². The largest absolute Gasteiger partial charge is 0.462 e. The number of carbonyl (C=O) groups is 1. The van der Waals surface area contributed by atoms with E-state index in [4.69, 9.17) is 11.6 Å². The van der Waals surface area contributed by atoms with Crippen molar-refractivity contribution in [3.8, 4) is 0 Å². The fourth-order valence-electron chi connectivity index (χ4n) is 1.13. The van der Waals surface area contributed by atoms with Gasteiger partial charge in [0.2, 0.25) is 0 Å². The van der Waals surface area contributed by atoms with Crippen molar-refractivity contribution in [2.45, 2.75) is 13.1 Å². The maximum absolute atomic E-state index is 12.5. The Morgan fingerprint density at radius 1 is 1.47 bits per heavy atom. The van der Waals surface area contributed by atoms with Gasteiger partial charge in [-0.1, -0.05) is 11.6 Å². The van der Waals surface area contributed by atoms with Crippen molar-refractivity contribution >= 4 is 33.5 Å². The van der Waals surface area contributed by atoms with Gasteiger partial charge in [0.15, 0.2) is 0 Å². The molecule has 0 radical (unpaired) electrons. The second-order valence-electron chi connectivity index (χ2n) is 3.01. The third-order valence-corrected chi connectivity index (χ3v) is 3.33. The topological polar surface area (TPSA) is 26.3 Å². The minimum atomic E-state index is -4.53. The summed E-state index contributed by atoms with van der Waals surface area (Å²) < 4.78 is 41.8. The first-order valence-corrected chi connectivity index (χ1v) is 5.68. The van der Waals surface area contributed by atoms with Crippen molar-refractivity contribution in [1.29, 1.82) is 0 Å². The van der Waals surface area contributed by atoms with Crippen molar-refractivity contribution in [2.75, 3.05) is 6.61 Å². The van der Waals surface area contributed by atoms with E-state index in [9.17, 15) is 18.0 Å². The van der Waals surface area contributed by atoms with Gasteiger partial charge in [-0.3, -0.25) is 0 Å². The zero-order valence-electron chi connectivity index (χ0n) is 8.57. The highest BCUT2D eigenvalue weighted by molar-refractivity contribution is 9.10. The molecule has 2 nitrogen and oxygen atoms in total. The molecule has 0 heterocycles. The molecule has 0 saturated heterocycles. The predicted molar refractivity (Wildman–Crippen MR) is 60.1 cm³/mol. The summed E-state index contributed by atoms with van der Waals surface area (Å²) in [6, 6.07) is 1.77. The molecule has 1 aromatic carbocycles. The van der Waals surface area contributed by atoms with Gasteiger partial charge < -0.3 is 4.74 Å². The Morgan fingerprint density at radius 2 is 2.06 bits per heavy atom. The molecule has 1 rings (SSSR count). The first-order chi connectivity index (χ1) is 7.79. The molecule has 1 aromatic rings. The van der Waals surface area contributed by atoms with Crippen LogP contribution in [0.2, 0.25) is 5.02 Å². The maximum Gasteiger partial charge on any atom is 0.417 e. The number of halogens is 5. The first-order valence-electron chi connectivity index (χ1n) is 4.51. The lowest BCUT2D eigenvalue weighted by Gasteiger charge is -2.12. The lowest BCUT2D eigenvalue weighted by molar-refractivity contribution is -0.138. The number of carbonyl (C=O) groups excluding carboxylic acids is 1. The number of rotatable bonds is 2. The van der Waals surface area contributed by atoms with Crippen LogP contribution in [0.3, 0.4) is 0 Å². The van der Waals surface area contributed by atoms with E-state index in [1.165, 1.54) is 0 Å². The Morgan fingerprint density at radius 3 is 2.53 bits per heavy atom. The number of esters is 1. The van der Waals surface area contributed by atoms with Crippen LogP contribution in [0.25, 0.3) is 0 Å². The number of benzene rings is 1. The summed E-state index contributed by atoms with van der Waals surface area (Å²) in [5.74, 6) is -0.757. The molecule has 0 amide bonds. The fraction of sp³-hybridized carbons (Fsp3) is 0.300. The minimum Gasteiger partial charge on any atom is -0.462 e. The molecule has 0 saturated carbocycles. The van der Waals surface area contributed by atoms with Crippen molar-refractivity contribution in [3.05, 3.63) is 32.8 Å². The molecule has 0 bridgehead atoms. The molecule has 0 spiro atoms. The van der Waals surface area contributed by atoms with Crippen LogP contribution in [0.4, 0.5) is 13.2 Å². The molecule has 94 valence electrons. The number of ether oxygens (including phenoxy) is 1. The molecule has 0 aliphatic rings. The van der Waals surface area contributed by atoms with E-state index in [1.807, 2.05) is 0 Å². The van der Waals surface area contributed by atoms with Crippen LogP contribution in [0, 0.1) is 0 Å². The normalized spacial score (nSPS) is 11.4. The van der Waals surface area contributed by atoms with E-state index in [1.54, 1.807) is 6.92 Å². The average Bonchev–Trinajstić information content (AvgIpc) is 2.20.